The summed E-state index contributed by atoms with van der Waals surface area (Å²) in [5, 5.41) is 0. The van der Waals surface area contributed by atoms with Crippen LogP contribution in [0.4, 0.5) is 0 Å². The summed E-state index contributed by atoms with van der Waals surface area (Å²) in [6, 6.07) is 4.84. The van der Waals surface area contributed by atoms with Gasteiger partial charge in [0.05, 0.1) is 17.7 Å². The highest BCUT2D eigenvalue weighted by Crippen LogP contribution is 2.26. The van der Waals surface area contributed by atoms with E-state index in [1.54, 1.807) is 18.2 Å². The third-order valence-electron chi connectivity index (χ3n) is 4.94. The normalized spacial score (nSPS) is 19.4. The van der Waals surface area contributed by atoms with Gasteiger partial charge in [0.1, 0.15) is 0 Å². The van der Waals surface area contributed by atoms with Crippen molar-refractivity contribution in [3.8, 4) is 0 Å². The summed E-state index contributed by atoms with van der Waals surface area (Å²) in [6.07, 6.45) is 2.64. The van der Waals surface area contributed by atoms with Crippen LogP contribution in [0.25, 0.3) is 0 Å². The molecule has 0 aliphatic carbocycles. The molecule has 3 amide bonds. The first kappa shape index (κ1) is 18.6. The van der Waals surface area contributed by atoms with E-state index >= 15 is 0 Å². The van der Waals surface area contributed by atoms with E-state index in [-0.39, 0.29) is 17.7 Å². The van der Waals surface area contributed by atoms with Gasteiger partial charge >= 0.3 is 0 Å². The lowest BCUT2D eigenvalue weighted by Gasteiger charge is -2.17. The van der Waals surface area contributed by atoms with Gasteiger partial charge in [-0.15, -0.1) is 0 Å². The largest absolute Gasteiger partial charge is 0.381 e. The summed E-state index contributed by atoms with van der Waals surface area (Å²) in [5.41, 5.74) is 1.21. The van der Waals surface area contributed by atoms with E-state index < -0.39 is 0 Å². The highest BCUT2D eigenvalue weighted by atomic mass is 16.5. The molecule has 2 heterocycles. The maximum Gasteiger partial charge on any atom is 0.261 e. The zero-order chi connectivity index (χ0) is 18.7. The molecule has 2 aliphatic heterocycles. The standard InChI is InChI=1S/C20H26N2O4/c1-3-8-22-19(24)16-6-5-15(11-17(16)20(22)25)18(23)21-9-7-14(12-21)13-26-10-4-2/h5-6,11,14H,3-4,7-10,12-13H2,1-2H3. The fourth-order valence-corrected chi connectivity index (χ4v) is 3.58. The quantitative estimate of drug-likeness (QED) is 0.555. The molecule has 0 saturated carbocycles. The lowest BCUT2D eigenvalue weighted by Crippen LogP contribution is -2.30. The summed E-state index contributed by atoms with van der Waals surface area (Å²) in [6.45, 7) is 7.21. The first-order valence-electron chi connectivity index (χ1n) is 9.44. The third-order valence-corrected chi connectivity index (χ3v) is 4.94. The molecular formula is C20H26N2O4. The second-order valence-corrected chi connectivity index (χ2v) is 7.00. The van der Waals surface area contributed by atoms with Gasteiger partial charge in [-0.3, -0.25) is 19.3 Å². The van der Waals surface area contributed by atoms with E-state index in [4.69, 9.17) is 4.74 Å². The first-order valence-corrected chi connectivity index (χ1v) is 9.44. The molecular weight excluding hydrogens is 332 g/mol. The smallest absolute Gasteiger partial charge is 0.261 e. The lowest BCUT2D eigenvalue weighted by molar-refractivity contribution is 0.0654. The Bertz CT molecular complexity index is 716. The number of ether oxygens (including phenoxy) is 1. The van der Waals surface area contributed by atoms with Crippen molar-refractivity contribution in [2.24, 2.45) is 5.92 Å². The minimum Gasteiger partial charge on any atom is -0.381 e. The molecule has 26 heavy (non-hydrogen) atoms. The van der Waals surface area contributed by atoms with Gasteiger partial charge in [0.15, 0.2) is 0 Å². The fraction of sp³-hybridized carbons (Fsp3) is 0.550. The molecule has 0 aromatic heterocycles. The Morgan fingerprint density at radius 1 is 1.15 bits per heavy atom. The molecule has 6 nitrogen and oxygen atoms in total. The van der Waals surface area contributed by atoms with Crippen molar-refractivity contribution in [1.29, 1.82) is 0 Å². The number of amides is 3. The van der Waals surface area contributed by atoms with Gasteiger partial charge in [0, 0.05) is 37.7 Å². The van der Waals surface area contributed by atoms with E-state index in [0.717, 1.165) is 19.4 Å². The number of imide groups is 1. The maximum atomic E-state index is 12.8. The summed E-state index contributed by atoms with van der Waals surface area (Å²) in [5.74, 6) is -0.280. The van der Waals surface area contributed by atoms with Gasteiger partial charge in [-0.1, -0.05) is 13.8 Å². The molecule has 140 valence electrons. The Hall–Kier alpha value is -2.21. The average molecular weight is 358 g/mol. The van der Waals surface area contributed by atoms with Crippen LogP contribution >= 0.6 is 0 Å². The van der Waals surface area contributed by atoms with Crippen molar-refractivity contribution < 1.29 is 19.1 Å². The Balaban J connectivity index is 1.69. The highest BCUT2D eigenvalue weighted by molar-refractivity contribution is 6.22. The summed E-state index contributed by atoms with van der Waals surface area (Å²) in [7, 11) is 0. The zero-order valence-corrected chi connectivity index (χ0v) is 15.5. The molecule has 0 bridgehead atoms. The van der Waals surface area contributed by atoms with Gasteiger partial charge in [-0.25, -0.2) is 0 Å². The minimum atomic E-state index is -0.297. The lowest BCUT2D eigenvalue weighted by atomic mass is 10.0. The fourth-order valence-electron chi connectivity index (χ4n) is 3.58. The van der Waals surface area contributed by atoms with Crippen LogP contribution in [0.2, 0.25) is 0 Å². The predicted octanol–water partition coefficient (Wildman–Crippen LogP) is 2.58. The van der Waals surface area contributed by atoms with Crippen LogP contribution in [0.15, 0.2) is 18.2 Å². The van der Waals surface area contributed by atoms with E-state index in [9.17, 15) is 14.4 Å². The molecule has 2 aliphatic rings. The zero-order valence-electron chi connectivity index (χ0n) is 15.5. The molecule has 6 heteroatoms. The highest BCUT2D eigenvalue weighted by Gasteiger charge is 2.36. The van der Waals surface area contributed by atoms with E-state index in [1.807, 2.05) is 11.8 Å². The van der Waals surface area contributed by atoms with Crippen LogP contribution in [0.3, 0.4) is 0 Å². The Kier molecular flexibility index (Phi) is 5.71. The molecule has 1 atom stereocenters. The van der Waals surface area contributed by atoms with Crippen LogP contribution in [0.1, 0.15) is 64.2 Å². The molecule has 1 fully saturated rings. The van der Waals surface area contributed by atoms with Crippen LogP contribution in [-0.4, -0.2) is 60.4 Å². The number of fused-ring (bicyclic) bond motifs is 1. The van der Waals surface area contributed by atoms with Crippen LogP contribution in [0, 0.1) is 5.92 Å². The molecule has 0 spiro atoms. The minimum absolute atomic E-state index is 0.0833. The first-order chi connectivity index (χ1) is 12.6. The predicted molar refractivity (Wildman–Crippen MR) is 97.2 cm³/mol. The molecule has 1 aromatic carbocycles. The Morgan fingerprint density at radius 2 is 1.92 bits per heavy atom. The molecule has 1 unspecified atom stereocenters. The van der Waals surface area contributed by atoms with Crippen molar-refractivity contribution in [3.05, 3.63) is 34.9 Å². The van der Waals surface area contributed by atoms with E-state index in [0.29, 0.717) is 55.3 Å². The number of hydrogen-bond donors (Lipinski definition) is 0. The van der Waals surface area contributed by atoms with Gasteiger partial charge in [0.25, 0.3) is 17.7 Å². The summed E-state index contributed by atoms with van der Waals surface area (Å²) in [4.78, 5) is 40.6. The second-order valence-electron chi connectivity index (χ2n) is 7.00. The van der Waals surface area contributed by atoms with Crippen LogP contribution < -0.4 is 0 Å². The molecule has 1 saturated heterocycles. The molecule has 1 aromatic rings. The Labute approximate surface area is 154 Å². The van der Waals surface area contributed by atoms with Crippen molar-refractivity contribution in [2.75, 3.05) is 32.8 Å². The number of benzene rings is 1. The Morgan fingerprint density at radius 3 is 2.65 bits per heavy atom. The van der Waals surface area contributed by atoms with E-state index in [2.05, 4.69) is 6.92 Å². The number of nitrogens with zero attached hydrogens (tertiary/aromatic N) is 2. The SMILES string of the molecule is CCCOCC1CCN(C(=O)c2ccc3c(c2)C(=O)N(CCC)C3=O)C1. The number of hydrogen-bond acceptors (Lipinski definition) is 4. The van der Waals surface area contributed by atoms with Gasteiger partial charge in [-0.05, 0) is 37.5 Å². The van der Waals surface area contributed by atoms with Crippen LogP contribution in [-0.2, 0) is 4.74 Å². The maximum absolute atomic E-state index is 12.8. The van der Waals surface area contributed by atoms with Crippen molar-refractivity contribution in [3.63, 3.8) is 0 Å². The second kappa shape index (κ2) is 7.99. The summed E-state index contributed by atoms with van der Waals surface area (Å²) >= 11 is 0. The van der Waals surface area contributed by atoms with Crippen LogP contribution in [0.5, 0.6) is 0 Å². The molecule has 0 radical (unpaired) electrons. The average Bonchev–Trinajstić information content (AvgIpc) is 3.21. The number of carbonyl (C=O) groups is 3. The van der Waals surface area contributed by atoms with Crippen molar-refractivity contribution >= 4 is 17.7 Å². The topological polar surface area (TPSA) is 66.9 Å². The number of carbonyl (C=O) groups excluding carboxylic acids is 3. The molecule has 3 rings (SSSR count). The summed E-state index contributed by atoms with van der Waals surface area (Å²) < 4.78 is 5.60. The molecule has 0 N–H and O–H groups in total. The van der Waals surface area contributed by atoms with Gasteiger partial charge < -0.3 is 9.64 Å². The van der Waals surface area contributed by atoms with Crippen molar-refractivity contribution in [2.45, 2.75) is 33.1 Å². The van der Waals surface area contributed by atoms with Gasteiger partial charge in [0.2, 0.25) is 0 Å². The number of likely N-dealkylation sites (tertiary alicyclic amines) is 1. The number of rotatable bonds is 7. The monoisotopic (exact) mass is 358 g/mol. The van der Waals surface area contributed by atoms with E-state index in [1.165, 1.54) is 4.90 Å². The third kappa shape index (κ3) is 3.51. The van der Waals surface area contributed by atoms with Crippen molar-refractivity contribution in [1.82, 2.24) is 9.80 Å². The van der Waals surface area contributed by atoms with Gasteiger partial charge in [-0.2, -0.15) is 0 Å².